The van der Waals surface area contributed by atoms with E-state index < -0.39 is 17.4 Å². The van der Waals surface area contributed by atoms with Crippen molar-refractivity contribution in [3.63, 3.8) is 0 Å². The molecule has 0 spiro atoms. The number of rotatable bonds is 5. The number of carbonyl (C=O) groups excluding carboxylic acids is 2. The lowest BCUT2D eigenvalue weighted by atomic mass is 9.84. The first-order valence-corrected chi connectivity index (χ1v) is 5.63. The van der Waals surface area contributed by atoms with Gasteiger partial charge in [0.15, 0.2) is 5.41 Å². The van der Waals surface area contributed by atoms with Gasteiger partial charge in [0.2, 0.25) is 0 Å². The molecule has 0 atom stereocenters. The number of methoxy groups -OCH3 is 2. The fraction of sp³-hybridized carbons (Fsp3) is 0.500. The summed E-state index contributed by atoms with van der Waals surface area (Å²) in [4.78, 5) is 23.8. The van der Waals surface area contributed by atoms with Gasteiger partial charge in [-0.05, 0) is 38.8 Å². The van der Waals surface area contributed by atoms with Crippen LogP contribution >= 0.6 is 0 Å². The summed E-state index contributed by atoms with van der Waals surface area (Å²) < 4.78 is 9.43. The molecule has 0 aliphatic heterocycles. The summed E-state index contributed by atoms with van der Waals surface area (Å²) in [6.07, 6.45) is 5.08. The monoisotopic (exact) mass is 252 g/mol. The van der Waals surface area contributed by atoms with E-state index in [2.05, 4.69) is 5.73 Å². The van der Waals surface area contributed by atoms with Gasteiger partial charge in [-0.15, -0.1) is 5.73 Å². The molecule has 0 N–H and O–H groups in total. The molecule has 0 amide bonds. The van der Waals surface area contributed by atoms with Crippen LogP contribution in [0.25, 0.3) is 0 Å². The van der Waals surface area contributed by atoms with E-state index in [4.69, 9.17) is 9.47 Å². The molecule has 4 heteroatoms. The summed E-state index contributed by atoms with van der Waals surface area (Å²) in [6.45, 7) is 5.46. The highest BCUT2D eigenvalue weighted by Gasteiger charge is 2.45. The second kappa shape index (κ2) is 7.51. The molecule has 0 heterocycles. The molecule has 0 aliphatic rings. The Bertz CT molecular complexity index is 378. The maximum Gasteiger partial charge on any atom is 0.328 e. The zero-order chi connectivity index (χ0) is 14.2. The van der Waals surface area contributed by atoms with Crippen LogP contribution in [0.4, 0.5) is 0 Å². The van der Waals surface area contributed by atoms with E-state index in [-0.39, 0.29) is 6.42 Å². The van der Waals surface area contributed by atoms with Crippen LogP contribution in [0.3, 0.4) is 0 Å². The predicted molar refractivity (Wildman–Crippen MR) is 68.8 cm³/mol. The molecule has 18 heavy (non-hydrogen) atoms. The Labute approximate surface area is 108 Å². The van der Waals surface area contributed by atoms with Crippen LogP contribution < -0.4 is 0 Å². The molecule has 0 aromatic heterocycles. The SMILES string of the molecule is C/C=C\CC(C=C=C(C)C)(C(=O)OC)C(=O)OC. The topological polar surface area (TPSA) is 52.6 Å². The van der Waals surface area contributed by atoms with Crippen molar-refractivity contribution < 1.29 is 19.1 Å². The second-order valence-electron chi connectivity index (χ2n) is 4.02. The van der Waals surface area contributed by atoms with Crippen LogP contribution in [0, 0.1) is 5.41 Å². The van der Waals surface area contributed by atoms with Gasteiger partial charge in [0.25, 0.3) is 0 Å². The molecule has 0 aromatic rings. The first kappa shape index (κ1) is 16.2. The molecular formula is C14H20O4. The molecular weight excluding hydrogens is 232 g/mol. The average molecular weight is 252 g/mol. The van der Waals surface area contributed by atoms with Crippen LogP contribution in [0.2, 0.25) is 0 Å². The number of carbonyl (C=O) groups is 2. The third-order valence-electron chi connectivity index (χ3n) is 2.38. The van der Waals surface area contributed by atoms with Gasteiger partial charge in [-0.2, -0.15) is 0 Å². The molecule has 0 saturated heterocycles. The Morgan fingerprint density at radius 1 is 1.17 bits per heavy atom. The van der Waals surface area contributed by atoms with E-state index in [1.165, 1.54) is 20.3 Å². The van der Waals surface area contributed by atoms with Crippen molar-refractivity contribution in [1.29, 1.82) is 0 Å². The summed E-state index contributed by atoms with van der Waals surface area (Å²) in [5, 5.41) is 0. The Kier molecular flexibility index (Phi) is 6.76. The lowest BCUT2D eigenvalue weighted by Gasteiger charge is -2.22. The number of hydrogen-bond donors (Lipinski definition) is 0. The second-order valence-corrected chi connectivity index (χ2v) is 4.02. The highest BCUT2D eigenvalue weighted by molar-refractivity contribution is 6.02. The number of hydrogen-bond acceptors (Lipinski definition) is 4. The molecule has 0 fully saturated rings. The van der Waals surface area contributed by atoms with Gasteiger partial charge in [0.1, 0.15) is 0 Å². The summed E-state index contributed by atoms with van der Waals surface area (Å²) in [5.41, 5.74) is 2.27. The molecule has 0 bridgehead atoms. The van der Waals surface area contributed by atoms with Gasteiger partial charge in [0, 0.05) is 0 Å². The van der Waals surface area contributed by atoms with Crippen LogP contribution in [-0.4, -0.2) is 26.2 Å². The smallest absolute Gasteiger partial charge is 0.328 e. The van der Waals surface area contributed by atoms with Gasteiger partial charge >= 0.3 is 11.9 Å². The Morgan fingerprint density at radius 3 is 2.00 bits per heavy atom. The molecule has 0 radical (unpaired) electrons. The highest BCUT2D eigenvalue weighted by atomic mass is 16.5. The fourth-order valence-electron chi connectivity index (χ4n) is 1.36. The van der Waals surface area contributed by atoms with Crippen LogP contribution in [0.1, 0.15) is 27.2 Å². The van der Waals surface area contributed by atoms with E-state index in [0.29, 0.717) is 0 Å². The van der Waals surface area contributed by atoms with Crippen molar-refractivity contribution in [2.75, 3.05) is 14.2 Å². The first-order chi connectivity index (χ1) is 8.44. The zero-order valence-electron chi connectivity index (χ0n) is 11.6. The molecule has 100 valence electrons. The van der Waals surface area contributed by atoms with Gasteiger partial charge in [-0.3, -0.25) is 9.59 Å². The number of esters is 2. The molecule has 0 saturated carbocycles. The first-order valence-electron chi connectivity index (χ1n) is 5.63. The normalized spacial score (nSPS) is 10.7. The third kappa shape index (κ3) is 3.90. The summed E-state index contributed by atoms with van der Waals surface area (Å²) in [5.74, 6) is -1.30. The van der Waals surface area contributed by atoms with E-state index in [1.807, 2.05) is 20.8 Å². The molecule has 0 aromatic carbocycles. The van der Waals surface area contributed by atoms with E-state index in [9.17, 15) is 9.59 Å². The van der Waals surface area contributed by atoms with Crippen molar-refractivity contribution in [3.8, 4) is 0 Å². The van der Waals surface area contributed by atoms with E-state index in [1.54, 1.807) is 12.2 Å². The average Bonchev–Trinajstić information content (AvgIpc) is 2.37. The minimum atomic E-state index is -1.46. The minimum absolute atomic E-state index is 0.184. The van der Waals surface area contributed by atoms with Crippen LogP contribution in [0.5, 0.6) is 0 Å². The van der Waals surface area contributed by atoms with Crippen molar-refractivity contribution in [3.05, 3.63) is 29.5 Å². The van der Waals surface area contributed by atoms with Gasteiger partial charge in [-0.1, -0.05) is 12.2 Å². The van der Waals surface area contributed by atoms with Gasteiger partial charge < -0.3 is 9.47 Å². The molecule has 0 aliphatic carbocycles. The quantitative estimate of drug-likeness (QED) is 0.326. The minimum Gasteiger partial charge on any atom is -0.468 e. The molecule has 0 rings (SSSR count). The Morgan fingerprint density at radius 2 is 1.67 bits per heavy atom. The summed E-state index contributed by atoms with van der Waals surface area (Å²) in [7, 11) is 2.48. The standard InChI is InChI=1S/C14H20O4/c1-6-7-9-14(12(15)17-4,13(16)18-5)10-8-11(2)3/h6-7,10H,9H2,1-5H3/b7-6-. The lowest BCUT2D eigenvalue weighted by molar-refractivity contribution is -0.164. The van der Waals surface area contributed by atoms with E-state index >= 15 is 0 Å². The largest absolute Gasteiger partial charge is 0.468 e. The predicted octanol–water partition coefficient (Wildman–Crippen LogP) is 2.41. The lowest BCUT2D eigenvalue weighted by Crippen LogP contribution is -2.39. The van der Waals surface area contributed by atoms with E-state index in [0.717, 1.165) is 5.57 Å². The zero-order valence-corrected chi connectivity index (χ0v) is 11.6. The Balaban J connectivity index is 5.77. The summed E-state index contributed by atoms with van der Waals surface area (Å²) in [6, 6.07) is 0. The van der Waals surface area contributed by atoms with Crippen molar-refractivity contribution in [2.24, 2.45) is 5.41 Å². The number of ether oxygens (including phenoxy) is 2. The van der Waals surface area contributed by atoms with Crippen LogP contribution in [-0.2, 0) is 19.1 Å². The van der Waals surface area contributed by atoms with Gasteiger partial charge in [0.05, 0.1) is 14.2 Å². The molecule has 0 unspecified atom stereocenters. The third-order valence-corrected chi connectivity index (χ3v) is 2.38. The fourth-order valence-corrected chi connectivity index (χ4v) is 1.36. The number of allylic oxidation sites excluding steroid dienone is 2. The molecule has 4 nitrogen and oxygen atoms in total. The van der Waals surface area contributed by atoms with Crippen molar-refractivity contribution in [1.82, 2.24) is 0 Å². The van der Waals surface area contributed by atoms with Crippen molar-refractivity contribution in [2.45, 2.75) is 27.2 Å². The Hall–Kier alpha value is -1.80. The summed E-state index contributed by atoms with van der Waals surface area (Å²) >= 11 is 0. The highest BCUT2D eigenvalue weighted by Crippen LogP contribution is 2.28. The van der Waals surface area contributed by atoms with Crippen LogP contribution in [0.15, 0.2) is 29.5 Å². The maximum absolute atomic E-state index is 11.9. The van der Waals surface area contributed by atoms with Crippen molar-refractivity contribution >= 4 is 11.9 Å². The maximum atomic E-state index is 11.9. The van der Waals surface area contributed by atoms with Gasteiger partial charge in [-0.25, -0.2) is 0 Å².